The summed E-state index contributed by atoms with van der Waals surface area (Å²) in [6.45, 7) is 0.192. The van der Waals surface area contributed by atoms with Crippen molar-refractivity contribution >= 4 is 45.1 Å². The highest BCUT2D eigenvalue weighted by Gasteiger charge is 2.17. The predicted octanol–water partition coefficient (Wildman–Crippen LogP) is 4.19. The zero-order valence-corrected chi connectivity index (χ0v) is 14.2. The van der Waals surface area contributed by atoms with Gasteiger partial charge in [0.25, 0.3) is 5.91 Å². The third-order valence-electron chi connectivity index (χ3n) is 3.57. The van der Waals surface area contributed by atoms with Crippen LogP contribution in [0.1, 0.15) is 15.2 Å². The highest BCUT2D eigenvalue weighted by atomic mass is 35.5. The van der Waals surface area contributed by atoms with Gasteiger partial charge in [-0.15, -0.1) is 11.3 Å². The van der Waals surface area contributed by atoms with E-state index in [9.17, 15) is 9.18 Å². The maximum atomic E-state index is 13.3. The second kappa shape index (κ2) is 6.34. The van der Waals surface area contributed by atoms with Crippen LogP contribution in [0.5, 0.6) is 11.5 Å². The molecule has 2 heterocycles. The van der Waals surface area contributed by atoms with Gasteiger partial charge in [0, 0.05) is 10.1 Å². The van der Waals surface area contributed by atoms with Crippen molar-refractivity contribution in [1.29, 1.82) is 0 Å². The van der Waals surface area contributed by atoms with E-state index in [1.807, 2.05) is 0 Å². The molecule has 0 spiro atoms. The number of nitrogens with one attached hydrogen (secondary N) is 1. The number of hydrogen-bond donors (Lipinski definition) is 1. The number of rotatable bonds is 3. The molecule has 1 aromatic heterocycles. The van der Waals surface area contributed by atoms with E-state index in [0.717, 1.165) is 16.9 Å². The van der Waals surface area contributed by atoms with Crippen molar-refractivity contribution in [3.8, 4) is 11.5 Å². The number of carbonyl (C=O) groups is 1. The van der Waals surface area contributed by atoms with Crippen molar-refractivity contribution in [3.05, 3.63) is 57.7 Å². The zero-order valence-electron chi connectivity index (χ0n) is 12.6. The molecule has 3 aromatic rings. The Labute approximate surface area is 150 Å². The van der Waals surface area contributed by atoms with E-state index in [1.165, 1.54) is 18.3 Å². The smallest absolute Gasteiger partial charge is 0.283 e. The third-order valence-corrected chi connectivity index (χ3v) is 5.23. The fourth-order valence-corrected chi connectivity index (χ4v) is 3.83. The molecule has 5 nitrogen and oxygen atoms in total. The van der Waals surface area contributed by atoms with E-state index >= 15 is 0 Å². The average Bonchev–Trinajstić information content (AvgIpc) is 3.18. The largest absolute Gasteiger partial charge is 0.454 e. The molecule has 126 valence electrons. The van der Waals surface area contributed by atoms with Gasteiger partial charge in [-0.2, -0.15) is 5.10 Å². The van der Waals surface area contributed by atoms with E-state index < -0.39 is 5.91 Å². The van der Waals surface area contributed by atoms with Crippen LogP contribution in [0.25, 0.3) is 10.1 Å². The summed E-state index contributed by atoms with van der Waals surface area (Å²) < 4.78 is 24.4. The number of halogens is 2. The molecule has 8 heteroatoms. The summed E-state index contributed by atoms with van der Waals surface area (Å²) in [5.74, 6) is 0.470. The Morgan fingerprint density at radius 2 is 2.08 bits per heavy atom. The molecule has 2 aromatic carbocycles. The van der Waals surface area contributed by atoms with E-state index in [0.29, 0.717) is 21.6 Å². The van der Waals surface area contributed by atoms with Gasteiger partial charge in [0.2, 0.25) is 6.79 Å². The van der Waals surface area contributed by atoms with Crippen LogP contribution < -0.4 is 14.9 Å². The van der Waals surface area contributed by atoms with Crippen LogP contribution in [0.4, 0.5) is 4.39 Å². The molecule has 0 aliphatic carbocycles. The normalized spacial score (nSPS) is 12.9. The SMILES string of the molecule is O=C(N/N=C/c1ccc2c(c1)OCO2)c1sc2cc(F)ccc2c1Cl. The highest BCUT2D eigenvalue weighted by Crippen LogP contribution is 2.35. The number of hydrazone groups is 1. The molecule has 0 bridgehead atoms. The van der Waals surface area contributed by atoms with Gasteiger partial charge in [0.15, 0.2) is 11.5 Å². The number of thiophene rings is 1. The van der Waals surface area contributed by atoms with Crippen molar-refractivity contribution in [2.24, 2.45) is 5.10 Å². The fourth-order valence-electron chi connectivity index (χ4n) is 2.39. The number of nitrogens with zero attached hydrogens (tertiary/aromatic N) is 1. The lowest BCUT2D eigenvalue weighted by Gasteiger charge is -1.99. The molecular formula is C17H10ClFN2O3S. The van der Waals surface area contributed by atoms with Gasteiger partial charge in [0.1, 0.15) is 10.7 Å². The van der Waals surface area contributed by atoms with E-state index in [-0.39, 0.29) is 22.5 Å². The molecule has 25 heavy (non-hydrogen) atoms. The van der Waals surface area contributed by atoms with Gasteiger partial charge >= 0.3 is 0 Å². The lowest BCUT2D eigenvalue weighted by Crippen LogP contribution is -2.16. The van der Waals surface area contributed by atoms with Crippen LogP contribution >= 0.6 is 22.9 Å². The second-order valence-electron chi connectivity index (χ2n) is 5.20. The first kappa shape index (κ1) is 15.9. The maximum absolute atomic E-state index is 13.3. The summed E-state index contributed by atoms with van der Waals surface area (Å²) in [6, 6.07) is 9.52. The molecular weight excluding hydrogens is 367 g/mol. The van der Waals surface area contributed by atoms with E-state index in [2.05, 4.69) is 10.5 Å². The van der Waals surface area contributed by atoms with Crippen LogP contribution in [0.15, 0.2) is 41.5 Å². The Hall–Kier alpha value is -2.64. The topological polar surface area (TPSA) is 59.9 Å². The lowest BCUT2D eigenvalue weighted by molar-refractivity contribution is 0.0959. The van der Waals surface area contributed by atoms with E-state index in [4.69, 9.17) is 21.1 Å². The van der Waals surface area contributed by atoms with Crippen LogP contribution in [0.3, 0.4) is 0 Å². The molecule has 1 aliphatic rings. The number of amides is 1. The molecule has 4 rings (SSSR count). The highest BCUT2D eigenvalue weighted by molar-refractivity contribution is 7.21. The van der Waals surface area contributed by atoms with Gasteiger partial charge in [-0.1, -0.05) is 11.6 Å². The predicted molar refractivity (Wildman–Crippen MR) is 94.4 cm³/mol. The van der Waals surface area contributed by atoms with Crippen LogP contribution in [-0.4, -0.2) is 18.9 Å². The van der Waals surface area contributed by atoms with Crippen molar-refractivity contribution < 1.29 is 18.7 Å². The summed E-state index contributed by atoms with van der Waals surface area (Å²) in [5, 5.41) is 4.85. The van der Waals surface area contributed by atoms with Crippen molar-refractivity contribution in [2.75, 3.05) is 6.79 Å². The Kier molecular flexibility index (Phi) is 4.03. The molecule has 1 N–H and O–H groups in total. The first-order valence-corrected chi connectivity index (χ1v) is 8.42. The van der Waals surface area contributed by atoms with Crippen LogP contribution in [-0.2, 0) is 0 Å². The minimum atomic E-state index is -0.455. The third kappa shape index (κ3) is 3.04. The lowest BCUT2D eigenvalue weighted by atomic mass is 10.2. The van der Waals surface area contributed by atoms with Gasteiger partial charge in [0.05, 0.1) is 11.2 Å². The second-order valence-corrected chi connectivity index (χ2v) is 6.63. The number of fused-ring (bicyclic) bond motifs is 2. The number of ether oxygens (including phenoxy) is 2. The molecule has 0 atom stereocenters. The molecule has 1 aliphatic heterocycles. The standard InChI is InChI=1S/C17H10ClFN2O3S/c18-15-11-3-2-10(19)6-14(11)25-16(15)17(22)21-20-7-9-1-4-12-13(5-9)24-8-23-12/h1-7H,8H2,(H,21,22)/b20-7+. The molecule has 0 radical (unpaired) electrons. The summed E-state index contributed by atoms with van der Waals surface area (Å²) in [4.78, 5) is 12.5. The monoisotopic (exact) mass is 376 g/mol. The first-order chi connectivity index (χ1) is 12.1. The van der Waals surface area contributed by atoms with Crippen LogP contribution in [0.2, 0.25) is 5.02 Å². The zero-order chi connectivity index (χ0) is 17.4. The molecule has 0 saturated heterocycles. The fraction of sp³-hybridized carbons (Fsp3) is 0.0588. The summed E-state index contributed by atoms with van der Waals surface area (Å²) in [5.41, 5.74) is 3.17. The van der Waals surface area contributed by atoms with Gasteiger partial charge in [-0.25, -0.2) is 9.82 Å². The first-order valence-electron chi connectivity index (χ1n) is 7.22. The quantitative estimate of drug-likeness (QED) is 0.551. The van der Waals surface area contributed by atoms with Gasteiger partial charge < -0.3 is 9.47 Å². The van der Waals surface area contributed by atoms with Crippen molar-refractivity contribution in [1.82, 2.24) is 5.43 Å². The van der Waals surface area contributed by atoms with Gasteiger partial charge in [-0.05, 0) is 42.0 Å². The number of hydrogen-bond acceptors (Lipinski definition) is 5. The minimum absolute atomic E-state index is 0.192. The number of carbonyl (C=O) groups excluding carboxylic acids is 1. The van der Waals surface area contributed by atoms with Gasteiger partial charge in [-0.3, -0.25) is 4.79 Å². The Balaban J connectivity index is 1.51. The van der Waals surface area contributed by atoms with Crippen molar-refractivity contribution in [3.63, 3.8) is 0 Å². The average molecular weight is 377 g/mol. The summed E-state index contributed by atoms with van der Waals surface area (Å²) in [7, 11) is 0. The Morgan fingerprint density at radius 3 is 2.96 bits per heavy atom. The summed E-state index contributed by atoms with van der Waals surface area (Å²) >= 11 is 7.32. The van der Waals surface area contributed by atoms with E-state index in [1.54, 1.807) is 24.3 Å². The Bertz CT molecular complexity index is 1020. The minimum Gasteiger partial charge on any atom is -0.454 e. The molecule has 1 amide bonds. The maximum Gasteiger partial charge on any atom is 0.283 e. The Morgan fingerprint density at radius 1 is 1.24 bits per heavy atom. The molecule has 0 unspecified atom stereocenters. The number of benzene rings is 2. The van der Waals surface area contributed by atoms with Crippen molar-refractivity contribution in [2.45, 2.75) is 0 Å². The molecule has 0 saturated carbocycles. The molecule has 0 fully saturated rings. The van der Waals surface area contributed by atoms with Crippen LogP contribution in [0, 0.1) is 5.82 Å². The summed E-state index contributed by atoms with van der Waals surface area (Å²) in [6.07, 6.45) is 1.49.